The van der Waals surface area contributed by atoms with Gasteiger partial charge in [-0.25, -0.2) is 4.57 Å². The van der Waals surface area contributed by atoms with E-state index in [2.05, 4.69) is 98.9 Å². The van der Waals surface area contributed by atoms with Gasteiger partial charge < -0.3 is 20.1 Å². The molecule has 58 heavy (non-hydrogen) atoms. The van der Waals surface area contributed by atoms with E-state index in [4.69, 9.17) is 24.3 Å². The van der Waals surface area contributed by atoms with Gasteiger partial charge in [0.15, 0.2) is 6.10 Å². The van der Waals surface area contributed by atoms with Crippen molar-refractivity contribution in [2.24, 2.45) is 5.73 Å². The quantitative estimate of drug-likeness (QED) is 0.0267. The topological polar surface area (TPSA) is 134 Å². The van der Waals surface area contributed by atoms with E-state index in [1.807, 2.05) is 0 Å². The Morgan fingerprint density at radius 1 is 0.534 bits per heavy atom. The maximum atomic E-state index is 12.6. The molecule has 0 aliphatic carbocycles. The second kappa shape index (κ2) is 43.8. The highest BCUT2D eigenvalue weighted by Gasteiger charge is 2.26. The molecule has 0 heterocycles. The first kappa shape index (κ1) is 55.2. The molecule has 0 spiro atoms. The molecular formula is C48H82NO8P. The monoisotopic (exact) mass is 832 g/mol. The average Bonchev–Trinajstić information content (AvgIpc) is 3.21. The van der Waals surface area contributed by atoms with Crippen LogP contribution in [0.3, 0.4) is 0 Å². The third-order valence-corrected chi connectivity index (χ3v) is 10.00. The molecule has 332 valence electrons. The third-order valence-electron chi connectivity index (χ3n) is 9.02. The van der Waals surface area contributed by atoms with Crippen molar-refractivity contribution in [2.75, 3.05) is 26.4 Å². The number of allylic oxidation sites excluding steroid dienone is 14. The first-order valence-electron chi connectivity index (χ1n) is 22.6. The molecule has 0 saturated carbocycles. The lowest BCUT2D eigenvalue weighted by molar-refractivity contribution is -0.161. The average molecular weight is 832 g/mol. The minimum Gasteiger partial charge on any atom is -0.462 e. The molecule has 0 amide bonds. The van der Waals surface area contributed by atoms with Crippen LogP contribution in [-0.4, -0.2) is 49.3 Å². The molecule has 0 aromatic carbocycles. The molecule has 0 aliphatic heterocycles. The molecule has 2 atom stereocenters. The van der Waals surface area contributed by atoms with Crippen LogP contribution in [0.15, 0.2) is 85.1 Å². The van der Waals surface area contributed by atoms with Crippen molar-refractivity contribution in [3.63, 3.8) is 0 Å². The highest BCUT2D eigenvalue weighted by Crippen LogP contribution is 2.43. The zero-order valence-electron chi connectivity index (χ0n) is 36.5. The molecule has 10 heteroatoms. The number of hydrogen-bond donors (Lipinski definition) is 2. The molecule has 2 unspecified atom stereocenters. The van der Waals surface area contributed by atoms with E-state index in [0.717, 1.165) is 116 Å². The Kier molecular flexibility index (Phi) is 41.6. The molecule has 0 aromatic heterocycles. The molecule has 0 aliphatic rings. The summed E-state index contributed by atoms with van der Waals surface area (Å²) >= 11 is 0. The normalized spacial score (nSPS) is 14.1. The Bertz CT molecular complexity index is 1220. The van der Waals surface area contributed by atoms with Gasteiger partial charge in [-0.15, -0.1) is 0 Å². The second-order valence-corrected chi connectivity index (χ2v) is 16.0. The van der Waals surface area contributed by atoms with Crippen molar-refractivity contribution in [3.8, 4) is 0 Å². The molecule has 0 fully saturated rings. The minimum atomic E-state index is -4.39. The molecule has 9 nitrogen and oxygen atoms in total. The lowest BCUT2D eigenvalue weighted by atomic mass is 10.1. The van der Waals surface area contributed by atoms with Crippen molar-refractivity contribution < 1.29 is 37.6 Å². The lowest BCUT2D eigenvalue weighted by Gasteiger charge is -2.19. The molecular weight excluding hydrogens is 750 g/mol. The van der Waals surface area contributed by atoms with Crippen LogP contribution in [0.5, 0.6) is 0 Å². The van der Waals surface area contributed by atoms with Gasteiger partial charge in [0, 0.05) is 19.4 Å². The van der Waals surface area contributed by atoms with E-state index in [0.29, 0.717) is 12.8 Å². The number of ether oxygens (including phenoxy) is 2. The van der Waals surface area contributed by atoms with Crippen molar-refractivity contribution in [1.82, 2.24) is 0 Å². The summed E-state index contributed by atoms with van der Waals surface area (Å²) in [6.45, 7) is 3.55. The number of carbonyl (C=O) groups is 2. The van der Waals surface area contributed by atoms with Gasteiger partial charge in [0.05, 0.1) is 13.2 Å². The SMILES string of the molecule is CC/C=C\C/C=C\C/C=C\C/C=C\C/C=C\C/C=C\CCCCCCCCC(=O)OC(COC(=O)CCCCCCC/C=C\CCCCC)COP(=O)(O)OCCN. The van der Waals surface area contributed by atoms with Gasteiger partial charge in [-0.3, -0.25) is 18.6 Å². The summed E-state index contributed by atoms with van der Waals surface area (Å²) in [7, 11) is -4.39. The fourth-order valence-corrected chi connectivity index (χ4v) is 6.45. The van der Waals surface area contributed by atoms with Crippen molar-refractivity contribution in [1.29, 1.82) is 0 Å². The molecule has 0 saturated heterocycles. The fraction of sp³-hybridized carbons (Fsp3) is 0.667. The van der Waals surface area contributed by atoms with Crippen LogP contribution < -0.4 is 5.73 Å². The first-order chi connectivity index (χ1) is 28.3. The van der Waals surface area contributed by atoms with E-state index in [-0.39, 0.29) is 32.6 Å². The van der Waals surface area contributed by atoms with Crippen LogP contribution in [0, 0.1) is 0 Å². The van der Waals surface area contributed by atoms with Gasteiger partial charge >= 0.3 is 19.8 Å². The van der Waals surface area contributed by atoms with Gasteiger partial charge in [-0.05, 0) is 89.9 Å². The van der Waals surface area contributed by atoms with Gasteiger partial charge in [0.1, 0.15) is 6.61 Å². The smallest absolute Gasteiger partial charge is 0.462 e. The predicted molar refractivity (Wildman–Crippen MR) is 242 cm³/mol. The second-order valence-electron chi connectivity index (χ2n) is 14.5. The zero-order chi connectivity index (χ0) is 42.5. The fourth-order valence-electron chi connectivity index (χ4n) is 5.69. The van der Waals surface area contributed by atoms with Crippen LogP contribution in [0.2, 0.25) is 0 Å². The summed E-state index contributed by atoms with van der Waals surface area (Å²) in [4.78, 5) is 34.9. The largest absolute Gasteiger partial charge is 0.472 e. The predicted octanol–water partition coefficient (Wildman–Crippen LogP) is 13.2. The Labute approximate surface area is 354 Å². The van der Waals surface area contributed by atoms with E-state index in [1.165, 1.54) is 19.3 Å². The number of unbranched alkanes of at least 4 members (excludes halogenated alkanes) is 14. The number of hydrogen-bond acceptors (Lipinski definition) is 8. The number of phosphoric acid groups is 1. The van der Waals surface area contributed by atoms with Gasteiger partial charge in [-0.1, -0.05) is 157 Å². The molecule has 0 aromatic rings. The molecule has 3 N–H and O–H groups in total. The van der Waals surface area contributed by atoms with Crippen LogP contribution >= 0.6 is 7.82 Å². The summed E-state index contributed by atoms with van der Waals surface area (Å²) in [5.74, 6) is -0.864. The number of esters is 2. The number of rotatable bonds is 41. The highest BCUT2D eigenvalue weighted by molar-refractivity contribution is 7.47. The Hall–Kier alpha value is -2.81. The summed E-state index contributed by atoms with van der Waals surface area (Å²) in [5.41, 5.74) is 5.35. The summed E-state index contributed by atoms with van der Waals surface area (Å²) in [6, 6.07) is 0. The minimum absolute atomic E-state index is 0.0452. The van der Waals surface area contributed by atoms with Crippen molar-refractivity contribution >= 4 is 19.8 Å². The number of phosphoric ester groups is 1. The maximum absolute atomic E-state index is 12.6. The molecule has 0 rings (SSSR count). The Morgan fingerprint density at radius 3 is 1.43 bits per heavy atom. The lowest BCUT2D eigenvalue weighted by Crippen LogP contribution is -2.29. The summed E-state index contributed by atoms with van der Waals surface area (Å²) in [6.07, 6.45) is 54.7. The molecule has 0 bridgehead atoms. The third kappa shape index (κ3) is 42.8. The zero-order valence-corrected chi connectivity index (χ0v) is 37.4. The maximum Gasteiger partial charge on any atom is 0.472 e. The Balaban J connectivity index is 4.16. The van der Waals surface area contributed by atoms with Gasteiger partial charge in [0.2, 0.25) is 0 Å². The summed E-state index contributed by atoms with van der Waals surface area (Å²) < 4.78 is 32.8. The van der Waals surface area contributed by atoms with Gasteiger partial charge in [-0.2, -0.15) is 0 Å². The van der Waals surface area contributed by atoms with Crippen LogP contribution in [0.4, 0.5) is 0 Å². The van der Waals surface area contributed by atoms with Gasteiger partial charge in [0.25, 0.3) is 0 Å². The van der Waals surface area contributed by atoms with Crippen molar-refractivity contribution in [3.05, 3.63) is 85.1 Å². The molecule has 0 radical (unpaired) electrons. The van der Waals surface area contributed by atoms with Crippen LogP contribution in [0.25, 0.3) is 0 Å². The van der Waals surface area contributed by atoms with E-state index >= 15 is 0 Å². The number of nitrogens with two attached hydrogens (primary N) is 1. The van der Waals surface area contributed by atoms with E-state index in [1.54, 1.807) is 0 Å². The van der Waals surface area contributed by atoms with Crippen LogP contribution in [-0.2, 0) is 32.7 Å². The number of carbonyl (C=O) groups excluding carboxylic acids is 2. The standard InChI is InChI=1S/C48H82NO8P/c1-3-5-7-9-11-13-15-17-18-19-20-21-22-23-24-25-26-27-28-29-31-33-35-37-39-41-48(51)57-46(45-56-58(52,53)55-43-42-49)44-54-47(50)40-38-36-34-32-30-16-14-12-10-8-6-4-2/h5,7,11-14,17-18,20-21,23-24,26-27,46H,3-4,6,8-10,15-16,19,22,25,28-45,49H2,1-2H3,(H,52,53)/b7-5-,13-11-,14-12-,18-17-,21-20-,24-23-,27-26-. The van der Waals surface area contributed by atoms with E-state index < -0.39 is 32.5 Å². The highest BCUT2D eigenvalue weighted by atomic mass is 31.2. The Morgan fingerprint density at radius 2 is 0.948 bits per heavy atom. The summed E-state index contributed by atoms with van der Waals surface area (Å²) in [5, 5.41) is 0. The first-order valence-corrected chi connectivity index (χ1v) is 24.1. The van der Waals surface area contributed by atoms with Crippen molar-refractivity contribution in [2.45, 2.75) is 180 Å². The van der Waals surface area contributed by atoms with E-state index in [9.17, 15) is 19.0 Å². The van der Waals surface area contributed by atoms with Crippen LogP contribution in [0.1, 0.15) is 174 Å².